The van der Waals surface area contributed by atoms with Gasteiger partial charge in [-0.25, -0.2) is 0 Å². The summed E-state index contributed by atoms with van der Waals surface area (Å²) in [4.78, 5) is 34.7. The van der Waals surface area contributed by atoms with Crippen LogP contribution >= 0.6 is 7.52 Å². The van der Waals surface area contributed by atoms with E-state index in [1.807, 2.05) is 44.2 Å². The number of nitrogens with one attached hydrogen (secondary N) is 3. The molecule has 1 aromatic carbocycles. The van der Waals surface area contributed by atoms with Crippen LogP contribution < -0.4 is 20.6 Å². The lowest BCUT2D eigenvalue weighted by Crippen LogP contribution is -2.52. The van der Waals surface area contributed by atoms with Gasteiger partial charge >= 0.3 is 5.97 Å². The normalized spacial score (nSPS) is 15.9. The Balaban J connectivity index is 2.91. The fourth-order valence-corrected chi connectivity index (χ4v) is 3.61. The van der Waals surface area contributed by atoms with Gasteiger partial charge in [-0.2, -0.15) is 0 Å². The molecule has 1 rings (SSSR count). The highest BCUT2D eigenvalue weighted by Crippen LogP contribution is 2.29. The first kappa shape index (κ1) is 22.3. The third-order valence-corrected chi connectivity index (χ3v) is 4.86. The van der Waals surface area contributed by atoms with Crippen molar-refractivity contribution in [2.45, 2.75) is 45.8 Å². The molecule has 9 heteroatoms. The van der Waals surface area contributed by atoms with E-state index >= 15 is 0 Å². The molecule has 1 amide bonds. The predicted molar refractivity (Wildman–Crippen MR) is 97.4 cm³/mol. The maximum atomic E-state index is 12.2. The van der Waals surface area contributed by atoms with Gasteiger partial charge in [-0.15, -0.1) is 0 Å². The maximum Gasteiger partial charge on any atom is 0.320 e. The molecule has 26 heavy (non-hydrogen) atoms. The number of hydrogen-bond acceptors (Lipinski definition) is 5. The van der Waals surface area contributed by atoms with E-state index in [4.69, 9.17) is 0 Å². The van der Waals surface area contributed by atoms with Gasteiger partial charge in [0, 0.05) is 13.3 Å². The molecular formula is C17H27N3O5P-. The molecule has 3 unspecified atom stereocenters. The van der Waals surface area contributed by atoms with E-state index in [-0.39, 0.29) is 12.3 Å². The molecule has 1 aromatic rings. The van der Waals surface area contributed by atoms with Crippen molar-refractivity contribution in [1.82, 2.24) is 15.7 Å². The molecule has 8 nitrogen and oxygen atoms in total. The van der Waals surface area contributed by atoms with Crippen LogP contribution in [0.1, 0.15) is 32.8 Å². The third kappa shape index (κ3) is 9.10. The molecule has 0 aromatic heterocycles. The zero-order chi connectivity index (χ0) is 19.7. The number of carbonyl (C=O) groups excluding carboxylic acids is 1. The molecule has 0 saturated heterocycles. The molecule has 0 aliphatic carbocycles. The quantitative estimate of drug-likeness (QED) is 0.329. The standard InChI is InChI=1S/C17H28N3O5P/c1-12(2)9-15(17(22)23)19-16(10-14-7-5-4-6-8-14)20-26(24,25)11-18-13(3)21/h4-8,12,15-16,19H,9-11H2,1-3H3,(H,18,21)(H,22,23)(H2,20,24,25)/p-1. The van der Waals surface area contributed by atoms with Crippen LogP contribution in [0.25, 0.3) is 0 Å². The summed E-state index contributed by atoms with van der Waals surface area (Å²) in [7, 11) is -4.15. The second-order valence-corrected chi connectivity index (χ2v) is 8.54. The molecular weight excluding hydrogens is 357 g/mol. The number of carboxylic acids is 1. The lowest BCUT2D eigenvalue weighted by Gasteiger charge is -2.32. The van der Waals surface area contributed by atoms with E-state index in [1.165, 1.54) is 6.92 Å². The molecule has 0 bridgehead atoms. The molecule has 0 aliphatic rings. The monoisotopic (exact) mass is 384 g/mol. The van der Waals surface area contributed by atoms with E-state index < -0.39 is 37.9 Å². The van der Waals surface area contributed by atoms with Gasteiger partial charge in [-0.1, -0.05) is 44.2 Å². The first-order valence-corrected chi connectivity index (χ1v) is 10.2. The minimum Gasteiger partial charge on any atom is -0.787 e. The van der Waals surface area contributed by atoms with Gasteiger partial charge in [-0.3, -0.25) is 20.0 Å². The average molecular weight is 384 g/mol. The molecule has 0 radical (unpaired) electrons. The lowest BCUT2D eigenvalue weighted by molar-refractivity contribution is -0.180. The van der Waals surface area contributed by atoms with Gasteiger partial charge < -0.3 is 19.9 Å². The summed E-state index contributed by atoms with van der Waals surface area (Å²) in [5.41, 5.74) is 0.853. The molecule has 0 fully saturated rings. The summed E-state index contributed by atoms with van der Waals surface area (Å²) in [6, 6.07) is 8.26. The van der Waals surface area contributed by atoms with Crippen molar-refractivity contribution in [3.63, 3.8) is 0 Å². The summed E-state index contributed by atoms with van der Waals surface area (Å²) in [5, 5.41) is 17.0. The minimum absolute atomic E-state index is 0.124. The second kappa shape index (κ2) is 10.4. The number of carboxylic acid groups (broad SMARTS) is 1. The topological polar surface area (TPSA) is 131 Å². The van der Waals surface area contributed by atoms with Gasteiger partial charge in [-0.05, 0) is 17.9 Å². The molecule has 0 spiro atoms. The number of rotatable bonds is 11. The van der Waals surface area contributed by atoms with E-state index in [0.717, 1.165) is 5.56 Å². The van der Waals surface area contributed by atoms with Crippen molar-refractivity contribution < 1.29 is 24.2 Å². The third-order valence-electron chi connectivity index (χ3n) is 3.58. The Morgan fingerprint density at radius 1 is 1.23 bits per heavy atom. The van der Waals surface area contributed by atoms with Crippen molar-refractivity contribution in [2.75, 3.05) is 6.29 Å². The molecule has 3 atom stereocenters. The Labute approximate surface area is 153 Å². The Morgan fingerprint density at radius 2 is 1.85 bits per heavy atom. The van der Waals surface area contributed by atoms with Crippen LogP contribution in [0.4, 0.5) is 0 Å². The Hall–Kier alpha value is -1.73. The van der Waals surface area contributed by atoms with E-state index in [2.05, 4.69) is 15.7 Å². The number of amides is 1. The summed E-state index contributed by atoms with van der Waals surface area (Å²) in [5.74, 6) is -1.38. The summed E-state index contributed by atoms with van der Waals surface area (Å²) >= 11 is 0. The number of aliphatic carboxylic acids is 1. The maximum absolute atomic E-state index is 12.2. The number of hydrogen-bond donors (Lipinski definition) is 4. The van der Waals surface area contributed by atoms with Crippen LogP contribution in [-0.2, 0) is 20.6 Å². The van der Waals surface area contributed by atoms with Crippen molar-refractivity contribution in [3.05, 3.63) is 35.9 Å². The van der Waals surface area contributed by atoms with E-state index in [0.29, 0.717) is 6.42 Å². The fourth-order valence-electron chi connectivity index (χ4n) is 2.44. The van der Waals surface area contributed by atoms with Crippen molar-refractivity contribution in [2.24, 2.45) is 5.92 Å². The van der Waals surface area contributed by atoms with Crippen LogP contribution in [0.5, 0.6) is 0 Å². The molecule has 146 valence electrons. The highest BCUT2D eigenvalue weighted by Gasteiger charge is 2.25. The number of carbonyl (C=O) groups is 2. The average Bonchev–Trinajstić information content (AvgIpc) is 2.52. The first-order valence-electron chi connectivity index (χ1n) is 8.44. The molecule has 0 heterocycles. The predicted octanol–water partition coefficient (Wildman–Crippen LogP) is 0.881. The Bertz CT molecular complexity index is 639. The van der Waals surface area contributed by atoms with Gasteiger partial charge in [0.2, 0.25) is 5.91 Å². The lowest BCUT2D eigenvalue weighted by atomic mass is 10.0. The SMILES string of the molecule is CC(=O)NCP(=O)([O-])NC(Cc1ccccc1)NC(CC(C)C)C(=O)O. The first-order chi connectivity index (χ1) is 12.1. The molecule has 0 aliphatic heterocycles. The number of benzene rings is 1. The fraction of sp³-hybridized carbons (Fsp3) is 0.529. The van der Waals surface area contributed by atoms with Crippen molar-refractivity contribution in [1.29, 1.82) is 0 Å². The van der Waals surface area contributed by atoms with E-state index in [1.54, 1.807) is 0 Å². The highest BCUT2D eigenvalue weighted by atomic mass is 31.2. The van der Waals surface area contributed by atoms with Crippen molar-refractivity contribution in [3.8, 4) is 0 Å². The summed E-state index contributed by atoms with van der Waals surface area (Å²) in [6.07, 6.45) is -0.724. The van der Waals surface area contributed by atoms with E-state index in [9.17, 15) is 24.2 Å². The minimum atomic E-state index is -4.15. The van der Waals surface area contributed by atoms with Crippen LogP contribution in [0.15, 0.2) is 30.3 Å². The zero-order valence-corrected chi connectivity index (χ0v) is 16.2. The van der Waals surface area contributed by atoms with Gasteiger partial charge in [0.05, 0.1) is 20.0 Å². The van der Waals surface area contributed by atoms with Crippen LogP contribution in [-0.4, -0.2) is 35.5 Å². The summed E-state index contributed by atoms with van der Waals surface area (Å²) in [6.45, 7) is 5.02. The van der Waals surface area contributed by atoms with Crippen LogP contribution in [0.2, 0.25) is 0 Å². The van der Waals surface area contributed by atoms with Crippen molar-refractivity contribution >= 4 is 19.4 Å². The summed E-state index contributed by atoms with van der Waals surface area (Å²) < 4.78 is 12.2. The second-order valence-electron chi connectivity index (χ2n) is 6.62. The van der Waals surface area contributed by atoms with Gasteiger partial charge in [0.1, 0.15) is 6.04 Å². The molecule has 4 N–H and O–H groups in total. The van der Waals surface area contributed by atoms with Gasteiger partial charge in [0.25, 0.3) is 0 Å². The molecule has 0 saturated carbocycles. The Morgan fingerprint density at radius 3 is 2.35 bits per heavy atom. The van der Waals surface area contributed by atoms with Crippen LogP contribution in [0, 0.1) is 5.92 Å². The van der Waals surface area contributed by atoms with Gasteiger partial charge in [0.15, 0.2) is 0 Å². The highest BCUT2D eigenvalue weighted by molar-refractivity contribution is 7.54. The zero-order valence-electron chi connectivity index (χ0n) is 15.3. The largest absolute Gasteiger partial charge is 0.787 e. The Kier molecular flexibility index (Phi) is 8.95. The smallest absolute Gasteiger partial charge is 0.320 e. The van der Waals surface area contributed by atoms with Crippen LogP contribution in [0.3, 0.4) is 0 Å².